The van der Waals surface area contributed by atoms with Crippen molar-refractivity contribution >= 4 is 22.9 Å². The Morgan fingerprint density at radius 2 is 1.87 bits per heavy atom. The first-order valence-electron chi connectivity index (χ1n) is 7.05. The molecule has 0 heterocycles. The summed E-state index contributed by atoms with van der Waals surface area (Å²) >= 11 is 0. The van der Waals surface area contributed by atoms with Gasteiger partial charge in [-0.25, -0.2) is 4.79 Å². The number of nitrogens with zero attached hydrogens (tertiary/aromatic N) is 2. The third-order valence-electron chi connectivity index (χ3n) is 3.65. The summed E-state index contributed by atoms with van der Waals surface area (Å²) in [6.45, 7) is 5.53. The van der Waals surface area contributed by atoms with Crippen LogP contribution in [0, 0.1) is 26.1 Å². The summed E-state index contributed by atoms with van der Waals surface area (Å²) in [6, 6.07) is 2.98. The van der Waals surface area contributed by atoms with Crippen LogP contribution >= 0.6 is 0 Å². The quantitative estimate of drug-likeness (QED) is 0.462. The molecule has 0 saturated carbocycles. The monoisotopic (exact) mass is 322 g/mol. The number of carboxylic acid groups (broad SMARTS) is 1. The van der Waals surface area contributed by atoms with Crippen molar-refractivity contribution in [2.24, 2.45) is 5.92 Å². The highest BCUT2D eigenvalue weighted by Crippen LogP contribution is 2.33. The maximum Gasteiger partial charge on any atom is 0.336 e. The van der Waals surface area contributed by atoms with E-state index >= 15 is 0 Å². The molecule has 8 heteroatoms. The fourth-order valence-electron chi connectivity index (χ4n) is 2.29. The third kappa shape index (κ3) is 4.35. The van der Waals surface area contributed by atoms with Crippen molar-refractivity contribution in [2.45, 2.75) is 33.6 Å². The summed E-state index contributed by atoms with van der Waals surface area (Å²) in [4.78, 5) is 32.0. The molecule has 0 amide bonds. The molecule has 1 unspecified atom stereocenters. The number of aliphatic carboxylic acids is 1. The molecule has 1 rings (SSSR count). The topological polar surface area (TPSA) is 124 Å². The van der Waals surface area contributed by atoms with Gasteiger partial charge >= 0.3 is 5.97 Å². The van der Waals surface area contributed by atoms with Gasteiger partial charge in [-0.2, -0.15) is 0 Å². The van der Waals surface area contributed by atoms with E-state index in [0.717, 1.165) is 24.6 Å². The van der Waals surface area contributed by atoms with Crippen LogP contribution in [-0.4, -0.2) is 20.9 Å². The van der Waals surface area contributed by atoms with Crippen LogP contribution in [0.15, 0.2) is 23.8 Å². The highest BCUT2D eigenvalue weighted by atomic mass is 16.6. The second kappa shape index (κ2) is 7.48. The van der Waals surface area contributed by atoms with Gasteiger partial charge in [0.15, 0.2) is 0 Å². The van der Waals surface area contributed by atoms with E-state index in [2.05, 4.69) is 0 Å². The first kappa shape index (κ1) is 18.3. The minimum atomic E-state index is -1.29. The summed E-state index contributed by atoms with van der Waals surface area (Å²) in [5.41, 5.74) is -0.825. The molecule has 0 aromatic heterocycles. The fourth-order valence-corrected chi connectivity index (χ4v) is 2.29. The summed E-state index contributed by atoms with van der Waals surface area (Å²) in [7, 11) is 0. The molecule has 124 valence electrons. The van der Waals surface area contributed by atoms with Crippen molar-refractivity contribution in [1.82, 2.24) is 0 Å². The number of allylic oxidation sites excluding steroid dienone is 1. The molecular weight excluding hydrogens is 304 g/mol. The van der Waals surface area contributed by atoms with Gasteiger partial charge in [0.1, 0.15) is 0 Å². The zero-order valence-corrected chi connectivity index (χ0v) is 13.1. The van der Waals surface area contributed by atoms with Crippen LogP contribution in [0.25, 0.3) is 5.57 Å². The number of carboxylic acids is 1. The maximum absolute atomic E-state index is 11.6. The van der Waals surface area contributed by atoms with Gasteiger partial charge in [-0.05, 0) is 25.3 Å². The van der Waals surface area contributed by atoms with E-state index in [1.54, 1.807) is 6.92 Å². The Bertz CT molecular complexity index is 681. The van der Waals surface area contributed by atoms with Crippen molar-refractivity contribution < 1.29 is 19.7 Å². The Hall–Kier alpha value is -2.77. The Morgan fingerprint density at radius 3 is 2.30 bits per heavy atom. The number of rotatable bonds is 7. The molecule has 0 aliphatic rings. The lowest BCUT2D eigenvalue weighted by atomic mass is 9.92. The molecule has 8 nitrogen and oxygen atoms in total. The summed E-state index contributed by atoms with van der Waals surface area (Å²) < 4.78 is 0. The van der Waals surface area contributed by atoms with E-state index in [1.165, 1.54) is 0 Å². The Labute approximate surface area is 132 Å². The smallest absolute Gasteiger partial charge is 0.336 e. The minimum Gasteiger partial charge on any atom is -0.478 e. The maximum atomic E-state index is 11.6. The molecule has 1 N–H and O–H groups in total. The van der Waals surface area contributed by atoms with Crippen molar-refractivity contribution in [3.05, 3.63) is 49.6 Å². The summed E-state index contributed by atoms with van der Waals surface area (Å²) in [6.07, 6.45) is 1.32. The number of carbonyl (C=O) groups is 1. The number of nitro benzene ring substituents is 2. The number of benzene rings is 1. The fraction of sp³-hybridized carbons (Fsp3) is 0.400. The molecule has 1 aromatic rings. The molecule has 1 atom stereocenters. The van der Waals surface area contributed by atoms with E-state index in [9.17, 15) is 30.1 Å². The van der Waals surface area contributed by atoms with Gasteiger partial charge in [0.05, 0.1) is 27.0 Å². The second-order valence-electron chi connectivity index (χ2n) is 5.39. The Morgan fingerprint density at radius 1 is 1.26 bits per heavy atom. The lowest BCUT2D eigenvalue weighted by Gasteiger charge is -2.13. The van der Waals surface area contributed by atoms with Gasteiger partial charge in [-0.15, -0.1) is 0 Å². The highest BCUT2D eigenvalue weighted by Gasteiger charge is 2.26. The lowest BCUT2D eigenvalue weighted by Crippen LogP contribution is -2.08. The van der Waals surface area contributed by atoms with Gasteiger partial charge in [-0.1, -0.05) is 25.8 Å². The number of hydrogen-bond acceptors (Lipinski definition) is 5. The molecule has 23 heavy (non-hydrogen) atoms. The van der Waals surface area contributed by atoms with Crippen molar-refractivity contribution in [1.29, 1.82) is 0 Å². The molecule has 0 aliphatic heterocycles. The van der Waals surface area contributed by atoms with E-state index in [-0.39, 0.29) is 17.1 Å². The average Bonchev–Trinajstić information content (AvgIpc) is 2.46. The predicted octanol–water partition coefficient (Wildman–Crippen LogP) is 3.80. The molecule has 1 aromatic carbocycles. The van der Waals surface area contributed by atoms with Gasteiger partial charge < -0.3 is 5.11 Å². The Kier molecular flexibility index (Phi) is 5.94. The third-order valence-corrected chi connectivity index (χ3v) is 3.65. The standard InChI is InChI=1S/C15H18N2O6/c1-4-9(2)7-10(3)14(15(18)19)12-6-5-11(16(20)21)8-13(12)17(22)23/h5-6,8-9H,4,7H2,1-3H3,(H,18,19). The highest BCUT2D eigenvalue weighted by molar-refractivity contribution is 6.17. The molecule has 0 radical (unpaired) electrons. The number of nitro groups is 2. The molecule has 0 fully saturated rings. The van der Waals surface area contributed by atoms with Gasteiger partial charge in [0.25, 0.3) is 11.4 Å². The molecule has 0 spiro atoms. The average molecular weight is 322 g/mol. The van der Waals surface area contributed by atoms with E-state index in [4.69, 9.17) is 0 Å². The normalized spacial score (nSPS) is 13.2. The van der Waals surface area contributed by atoms with Crippen LogP contribution in [0.2, 0.25) is 0 Å². The van der Waals surface area contributed by atoms with Crippen molar-refractivity contribution in [3.63, 3.8) is 0 Å². The van der Waals surface area contributed by atoms with Crippen LogP contribution in [0.1, 0.15) is 39.2 Å². The largest absolute Gasteiger partial charge is 0.478 e. The minimum absolute atomic E-state index is 0.117. The van der Waals surface area contributed by atoms with Crippen LogP contribution in [0.3, 0.4) is 0 Å². The SMILES string of the molecule is CCC(C)CC(C)=C(C(=O)O)c1ccc([N+](=O)[O-])cc1[N+](=O)[O-]. The van der Waals surface area contributed by atoms with Crippen molar-refractivity contribution in [3.8, 4) is 0 Å². The van der Waals surface area contributed by atoms with Crippen LogP contribution in [-0.2, 0) is 4.79 Å². The summed E-state index contributed by atoms with van der Waals surface area (Å²) in [5.74, 6) is -1.07. The van der Waals surface area contributed by atoms with E-state index in [1.807, 2.05) is 13.8 Å². The van der Waals surface area contributed by atoms with E-state index < -0.39 is 27.2 Å². The molecule has 0 saturated heterocycles. The first-order chi connectivity index (χ1) is 10.7. The van der Waals surface area contributed by atoms with Gasteiger partial charge in [-0.3, -0.25) is 20.2 Å². The van der Waals surface area contributed by atoms with Crippen LogP contribution < -0.4 is 0 Å². The summed E-state index contributed by atoms with van der Waals surface area (Å²) in [5, 5.41) is 31.4. The van der Waals surface area contributed by atoms with Crippen molar-refractivity contribution in [2.75, 3.05) is 0 Å². The second-order valence-corrected chi connectivity index (χ2v) is 5.39. The first-order valence-corrected chi connectivity index (χ1v) is 7.05. The molecule has 0 bridgehead atoms. The van der Waals surface area contributed by atoms with Crippen LogP contribution in [0.5, 0.6) is 0 Å². The van der Waals surface area contributed by atoms with Crippen LogP contribution in [0.4, 0.5) is 11.4 Å². The Balaban J connectivity index is 3.55. The zero-order valence-electron chi connectivity index (χ0n) is 13.1. The molecular formula is C15H18N2O6. The zero-order chi connectivity index (χ0) is 17.7. The number of non-ortho nitro benzene ring substituents is 1. The lowest BCUT2D eigenvalue weighted by molar-refractivity contribution is -0.394. The van der Waals surface area contributed by atoms with Gasteiger partial charge in [0.2, 0.25) is 0 Å². The van der Waals surface area contributed by atoms with Gasteiger partial charge in [0, 0.05) is 6.07 Å². The number of hydrogen-bond donors (Lipinski definition) is 1. The molecule has 0 aliphatic carbocycles. The van der Waals surface area contributed by atoms with E-state index in [0.29, 0.717) is 12.0 Å². The predicted molar refractivity (Wildman–Crippen MR) is 84.1 cm³/mol.